The number of halogens is 1. The van der Waals surface area contributed by atoms with E-state index in [1.54, 1.807) is 0 Å². The van der Waals surface area contributed by atoms with Crippen LogP contribution < -0.4 is 0 Å². The molecule has 0 unspecified atom stereocenters. The second kappa shape index (κ2) is 19.9. The highest BCUT2D eigenvalue weighted by atomic mass is 32.3. The van der Waals surface area contributed by atoms with Crippen molar-refractivity contribution >= 4 is 28.5 Å². The number of unbranched alkanes of at least 4 members (excludes halogenated alkanes) is 8. The zero-order chi connectivity index (χ0) is 25.1. The van der Waals surface area contributed by atoms with Gasteiger partial charge in [-0.1, -0.05) is 92.9 Å². The maximum absolute atomic E-state index is 16.0. The van der Waals surface area contributed by atoms with E-state index in [2.05, 4.69) is 41.5 Å². The van der Waals surface area contributed by atoms with Crippen molar-refractivity contribution in [1.82, 2.24) is 0 Å². The molecule has 0 aromatic carbocycles. The van der Waals surface area contributed by atoms with Gasteiger partial charge in [0, 0.05) is 0 Å². The first-order valence-corrected chi connectivity index (χ1v) is 19.6. The van der Waals surface area contributed by atoms with Crippen LogP contribution in [-0.4, -0.2) is 34.5 Å². The van der Waals surface area contributed by atoms with Crippen LogP contribution in [0.2, 0.25) is 0 Å². The monoisotopic (exact) mass is 532 g/mol. The molecule has 7 heteroatoms. The van der Waals surface area contributed by atoms with Gasteiger partial charge in [-0.15, -0.1) is 24.8 Å². The fourth-order valence-corrected chi connectivity index (χ4v) is 15.2. The average Bonchev–Trinajstić information content (AvgIpc) is 2.78. The third kappa shape index (κ3) is 15.5. The Labute approximate surface area is 210 Å². The summed E-state index contributed by atoms with van der Waals surface area (Å²) in [5.74, 6) is 5.14. The van der Waals surface area contributed by atoms with E-state index < -0.39 is 28.5 Å². The standard InChI is InChI=1S/C26H58FO3PS2/c1-7-13-19-25-32(21-15-9-3,22-16-10-4)29-31(27,28)30-33(23-17-11-5,24-18-12-6)26-20-14-8-2/h7-26H2,1-6H3. The second-order valence-electron chi connectivity index (χ2n) is 9.56. The van der Waals surface area contributed by atoms with E-state index >= 15 is 4.20 Å². The van der Waals surface area contributed by atoms with E-state index in [0.29, 0.717) is 0 Å². The highest BCUT2D eigenvalue weighted by Crippen LogP contribution is 2.73. The highest BCUT2D eigenvalue weighted by molar-refractivity contribution is 8.33. The van der Waals surface area contributed by atoms with Crippen molar-refractivity contribution in [2.24, 2.45) is 0 Å². The Morgan fingerprint density at radius 2 is 0.727 bits per heavy atom. The molecule has 0 aliphatic carbocycles. The van der Waals surface area contributed by atoms with Crippen LogP contribution in [0.3, 0.4) is 0 Å². The Hall–Kier alpha value is 0.780. The van der Waals surface area contributed by atoms with Gasteiger partial charge in [0.15, 0.2) is 0 Å². The molecule has 0 aliphatic rings. The van der Waals surface area contributed by atoms with Crippen LogP contribution in [0.1, 0.15) is 131 Å². The number of hydrogen-bond donors (Lipinski definition) is 0. The first-order chi connectivity index (χ1) is 15.8. The van der Waals surface area contributed by atoms with Crippen LogP contribution in [0.25, 0.3) is 0 Å². The minimum absolute atomic E-state index is 0.854. The Morgan fingerprint density at radius 1 is 0.485 bits per heavy atom. The van der Waals surface area contributed by atoms with E-state index in [0.717, 1.165) is 124 Å². The van der Waals surface area contributed by atoms with Gasteiger partial charge in [0.1, 0.15) is 0 Å². The molecule has 0 N–H and O–H groups in total. The van der Waals surface area contributed by atoms with Crippen molar-refractivity contribution in [3.8, 4) is 0 Å². The highest BCUT2D eigenvalue weighted by Gasteiger charge is 2.41. The second-order valence-corrected chi connectivity index (χ2v) is 17.9. The first kappa shape index (κ1) is 33.8. The zero-order valence-electron chi connectivity index (χ0n) is 23.0. The minimum atomic E-state index is -4.62. The van der Waals surface area contributed by atoms with E-state index in [1.165, 1.54) is 0 Å². The molecule has 0 atom stereocenters. The van der Waals surface area contributed by atoms with E-state index in [4.69, 9.17) is 7.94 Å². The quantitative estimate of drug-likeness (QED) is 0.0916. The summed E-state index contributed by atoms with van der Waals surface area (Å²) in [6.07, 6.45) is 14.8. The minimum Gasteiger partial charge on any atom is -0.233 e. The summed E-state index contributed by atoms with van der Waals surface area (Å²) in [5, 5.41) is 0. The Bertz CT molecular complexity index is 452. The molecule has 0 aromatic heterocycles. The summed E-state index contributed by atoms with van der Waals surface area (Å²) in [6.45, 7) is 13.0. The van der Waals surface area contributed by atoms with Crippen molar-refractivity contribution in [3.05, 3.63) is 0 Å². The summed E-state index contributed by atoms with van der Waals surface area (Å²) in [5.41, 5.74) is 0. The summed E-state index contributed by atoms with van der Waals surface area (Å²) < 4.78 is 41.8. The Morgan fingerprint density at radius 3 is 0.970 bits per heavy atom. The Kier molecular flexibility index (Phi) is 20.4. The predicted molar refractivity (Wildman–Crippen MR) is 154 cm³/mol. The molecule has 0 rings (SSSR count). The smallest absolute Gasteiger partial charge is 0.233 e. The van der Waals surface area contributed by atoms with Crippen molar-refractivity contribution in [2.45, 2.75) is 131 Å². The first-order valence-electron chi connectivity index (χ1n) is 14.0. The molecule has 204 valence electrons. The third-order valence-corrected chi connectivity index (χ3v) is 16.4. The molecule has 0 saturated carbocycles. The molecule has 0 aliphatic heterocycles. The molecule has 0 aromatic rings. The topological polar surface area (TPSA) is 35.5 Å². The third-order valence-electron chi connectivity index (χ3n) is 6.21. The van der Waals surface area contributed by atoms with Crippen molar-refractivity contribution in [1.29, 1.82) is 0 Å². The van der Waals surface area contributed by atoms with Crippen LogP contribution in [0, 0.1) is 0 Å². The van der Waals surface area contributed by atoms with Crippen LogP contribution >= 0.6 is 28.5 Å². The lowest BCUT2D eigenvalue weighted by atomic mass is 10.3. The number of rotatable bonds is 24. The van der Waals surface area contributed by atoms with Gasteiger partial charge in [0.2, 0.25) is 0 Å². The van der Waals surface area contributed by atoms with Crippen molar-refractivity contribution in [3.63, 3.8) is 0 Å². The van der Waals surface area contributed by atoms with Crippen LogP contribution in [0.5, 0.6) is 0 Å². The van der Waals surface area contributed by atoms with E-state index in [-0.39, 0.29) is 0 Å². The molecule has 0 radical (unpaired) electrons. The van der Waals surface area contributed by atoms with Gasteiger partial charge < -0.3 is 0 Å². The molecule has 0 heterocycles. The van der Waals surface area contributed by atoms with Gasteiger partial charge >= 0.3 is 7.91 Å². The molecular weight excluding hydrogens is 474 g/mol. The van der Waals surface area contributed by atoms with E-state index in [9.17, 15) is 4.57 Å². The van der Waals surface area contributed by atoms with Crippen LogP contribution in [-0.2, 0) is 12.5 Å². The van der Waals surface area contributed by atoms with Gasteiger partial charge in [0.25, 0.3) is 0 Å². The largest absolute Gasteiger partial charge is 0.532 e. The molecular formula is C26H58FO3PS2. The molecule has 0 saturated heterocycles. The number of hydrogen-bond acceptors (Lipinski definition) is 3. The summed E-state index contributed by atoms with van der Waals surface area (Å²) >= 11 is 0. The molecule has 0 amide bonds. The normalized spacial score (nSPS) is 14.0. The lowest BCUT2D eigenvalue weighted by Gasteiger charge is -2.44. The van der Waals surface area contributed by atoms with Crippen molar-refractivity contribution in [2.75, 3.05) is 34.5 Å². The lowest BCUT2D eigenvalue weighted by molar-refractivity contribution is 0.364. The molecule has 3 nitrogen and oxygen atoms in total. The summed E-state index contributed by atoms with van der Waals surface area (Å²) in [6, 6.07) is 0. The lowest BCUT2D eigenvalue weighted by Crippen LogP contribution is -2.20. The average molecular weight is 533 g/mol. The van der Waals surface area contributed by atoms with Crippen LogP contribution in [0.4, 0.5) is 4.20 Å². The van der Waals surface area contributed by atoms with Gasteiger partial charge in [-0.3, -0.25) is 0 Å². The summed E-state index contributed by atoms with van der Waals surface area (Å²) in [4.78, 5) is 0. The van der Waals surface area contributed by atoms with Crippen LogP contribution in [0.15, 0.2) is 0 Å². The maximum Gasteiger partial charge on any atom is 0.532 e. The van der Waals surface area contributed by atoms with Crippen molar-refractivity contribution < 1.29 is 16.7 Å². The molecule has 0 bridgehead atoms. The zero-order valence-corrected chi connectivity index (χ0v) is 25.5. The van der Waals surface area contributed by atoms with Gasteiger partial charge in [-0.05, 0) is 73.0 Å². The predicted octanol–water partition coefficient (Wildman–Crippen LogP) is 11.1. The van der Waals surface area contributed by atoms with Gasteiger partial charge in [-0.2, -0.15) is 0 Å². The molecule has 33 heavy (non-hydrogen) atoms. The van der Waals surface area contributed by atoms with Gasteiger partial charge in [0.05, 0.1) is 0 Å². The molecule has 0 fully saturated rings. The fourth-order valence-electron chi connectivity index (χ4n) is 4.09. The van der Waals surface area contributed by atoms with E-state index in [1.807, 2.05) is 0 Å². The fraction of sp³-hybridized carbons (Fsp3) is 1.00. The molecule has 0 spiro atoms. The summed E-state index contributed by atoms with van der Waals surface area (Å²) in [7, 11) is -8.10. The SMILES string of the molecule is CCCCCS(CCCC)(CCCC)OP(=O)(F)OS(CCCC)(CCCC)CCCCC. The maximum atomic E-state index is 16.0. The Balaban J connectivity index is 5.84. The van der Waals surface area contributed by atoms with Gasteiger partial charge in [-0.25, -0.2) is 12.5 Å².